The maximum Gasteiger partial charge on any atom is 0.128 e. The molecule has 0 aliphatic rings. The van der Waals surface area contributed by atoms with Crippen molar-refractivity contribution in [2.45, 2.75) is 19.3 Å². The van der Waals surface area contributed by atoms with Crippen LogP contribution in [0.2, 0.25) is 0 Å². The summed E-state index contributed by atoms with van der Waals surface area (Å²) in [5.41, 5.74) is 3.68. The predicted octanol–water partition coefficient (Wildman–Crippen LogP) is 3.77. The molecule has 0 aliphatic heterocycles. The van der Waals surface area contributed by atoms with Gasteiger partial charge in [-0.1, -0.05) is 30.3 Å². The smallest absolute Gasteiger partial charge is 0.128 e. The Hall–Kier alpha value is -1.54. The zero-order valence-corrected chi connectivity index (χ0v) is 11.5. The number of pyridine rings is 1. The van der Waals surface area contributed by atoms with E-state index in [1.807, 2.05) is 18.3 Å². The van der Waals surface area contributed by atoms with Gasteiger partial charge in [0, 0.05) is 25.7 Å². The highest BCUT2D eigenvalue weighted by molar-refractivity contribution is 6.17. The van der Waals surface area contributed by atoms with Crippen LogP contribution in [0, 0.1) is 6.92 Å². The van der Waals surface area contributed by atoms with E-state index in [9.17, 15) is 0 Å². The topological polar surface area (TPSA) is 16.1 Å². The standard InChI is InChI=1S/C15H17ClN2/c1-12-5-3-4-6-14(12)11-18(2)15-8-7-13(9-16)10-17-15/h3-8,10H,9,11H2,1-2H3. The number of aryl methyl sites for hydroxylation is 1. The van der Waals surface area contributed by atoms with Gasteiger partial charge in [-0.05, 0) is 29.7 Å². The first-order valence-electron chi connectivity index (χ1n) is 5.97. The normalized spacial score (nSPS) is 10.4. The van der Waals surface area contributed by atoms with Crippen LogP contribution in [0.1, 0.15) is 16.7 Å². The molecule has 0 atom stereocenters. The van der Waals surface area contributed by atoms with Crippen LogP contribution < -0.4 is 4.90 Å². The molecule has 0 radical (unpaired) electrons. The number of hydrogen-bond donors (Lipinski definition) is 0. The first kappa shape index (κ1) is 12.9. The molecule has 2 nitrogen and oxygen atoms in total. The van der Waals surface area contributed by atoms with Gasteiger partial charge in [0.05, 0.1) is 0 Å². The zero-order valence-electron chi connectivity index (χ0n) is 10.7. The summed E-state index contributed by atoms with van der Waals surface area (Å²) in [4.78, 5) is 6.56. The van der Waals surface area contributed by atoms with Gasteiger partial charge in [0.15, 0.2) is 0 Å². The summed E-state index contributed by atoms with van der Waals surface area (Å²) in [6, 6.07) is 12.4. The van der Waals surface area contributed by atoms with Crippen molar-refractivity contribution in [1.82, 2.24) is 4.98 Å². The Bertz CT molecular complexity index is 508. The fourth-order valence-corrected chi connectivity index (χ4v) is 2.00. The second-order valence-corrected chi connectivity index (χ2v) is 4.71. The van der Waals surface area contributed by atoms with Crippen LogP contribution in [0.5, 0.6) is 0 Å². The molecule has 0 fully saturated rings. The van der Waals surface area contributed by atoms with Crippen LogP contribution in [0.25, 0.3) is 0 Å². The van der Waals surface area contributed by atoms with Crippen molar-refractivity contribution in [2.75, 3.05) is 11.9 Å². The predicted molar refractivity (Wildman–Crippen MR) is 77.1 cm³/mol. The summed E-state index contributed by atoms with van der Waals surface area (Å²) in [5, 5.41) is 0. The summed E-state index contributed by atoms with van der Waals surface area (Å²) in [6.07, 6.45) is 1.83. The minimum atomic E-state index is 0.509. The Kier molecular flexibility index (Phi) is 4.21. The van der Waals surface area contributed by atoms with Crippen LogP contribution in [0.3, 0.4) is 0 Å². The Morgan fingerprint density at radius 2 is 1.94 bits per heavy atom. The Morgan fingerprint density at radius 3 is 2.56 bits per heavy atom. The second kappa shape index (κ2) is 5.87. The third-order valence-electron chi connectivity index (χ3n) is 3.02. The van der Waals surface area contributed by atoms with Crippen molar-refractivity contribution in [1.29, 1.82) is 0 Å². The van der Waals surface area contributed by atoms with Gasteiger partial charge in [0.25, 0.3) is 0 Å². The molecule has 0 amide bonds. The number of benzene rings is 1. The molecule has 1 aromatic heterocycles. The first-order chi connectivity index (χ1) is 8.70. The van der Waals surface area contributed by atoms with Crippen molar-refractivity contribution in [2.24, 2.45) is 0 Å². The summed E-state index contributed by atoms with van der Waals surface area (Å²) in [7, 11) is 2.05. The Morgan fingerprint density at radius 1 is 1.17 bits per heavy atom. The molecule has 1 aromatic carbocycles. The van der Waals surface area contributed by atoms with Gasteiger partial charge in [-0.2, -0.15) is 0 Å². The lowest BCUT2D eigenvalue weighted by Gasteiger charge is -2.19. The largest absolute Gasteiger partial charge is 0.355 e. The summed E-state index contributed by atoms with van der Waals surface area (Å²) >= 11 is 5.76. The molecule has 0 saturated heterocycles. The van der Waals surface area contributed by atoms with E-state index in [0.29, 0.717) is 5.88 Å². The Labute approximate surface area is 113 Å². The number of halogens is 1. The van der Waals surface area contributed by atoms with Gasteiger partial charge in [0.2, 0.25) is 0 Å². The van der Waals surface area contributed by atoms with Crippen molar-refractivity contribution in [3.63, 3.8) is 0 Å². The maximum atomic E-state index is 5.76. The molecule has 0 spiro atoms. The maximum absolute atomic E-state index is 5.76. The molecule has 2 rings (SSSR count). The van der Waals surface area contributed by atoms with Gasteiger partial charge < -0.3 is 4.90 Å². The molecule has 3 heteroatoms. The molecule has 0 bridgehead atoms. The van der Waals surface area contributed by atoms with E-state index in [0.717, 1.165) is 17.9 Å². The van der Waals surface area contributed by atoms with E-state index in [4.69, 9.17) is 11.6 Å². The van der Waals surface area contributed by atoms with Gasteiger partial charge >= 0.3 is 0 Å². The summed E-state index contributed by atoms with van der Waals surface area (Å²) in [5.74, 6) is 1.47. The molecular formula is C15H17ClN2. The van der Waals surface area contributed by atoms with E-state index < -0.39 is 0 Å². The zero-order chi connectivity index (χ0) is 13.0. The van der Waals surface area contributed by atoms with Crippen molar-refractivity contribution in [3.8, 4) is 0 Å². The van der Waals surface area contributed by atoms with E-state index in [2.05, 4.69) is 48.1 Å². The number of anilines is 1. The van der Waals surface area contributed by atoms with E-state index >= 15 is 0 Å². The highest BCUT2D eigenvalue weighted by Crippen LogP contribution is 2.16. The van der Waals surface area contributed by atoms with E-state index in [-0.39, 0.29) is 0 Å². The second-order valence-electron chi connectivity index (χ2n) is 4.44. The highest BCUT2D eigenvalue weighted by Gasteiger charge is 2.05. The first-order valence-corrected chi connectivity index (χ1v) is 6.50. The molecule has 0 aliphatic carbocycles. The highest BCUT2D eigenvalue weighted by atomic mass is 35.5. The number of alkyl halides is 1. The molecule has 0 unspecified atom stereocenters. The third-order valence-corrected chi connectivity index (χ3v) is 3.33. The van der Waals surface area contributed by atoms with Crippen LogP contribution >= 0.6 is 11.6 Å². The average molecular weight is 261 g/mol. The summed E-state index contributed by atoms with van der Waals surface area (Å²) in [6.45, 7) is 2.99. The van der Waals surface area contributed by atoms with Gasteiger partial charge in [-0.15, -0.1) is 11.6 Å². The minimum Gasteiger partial charge on any atom is -0.355 e. The molecule has 0 saturated carbocycles. The van der Waals surface area contributed by atoms with Gasteiger partial charge in [-0.3, -0.25) is 0 Å². The van der Waals surface area contributed by atoms with Gasteiger partial charge in [-0.25, -0.2) is 4.98 Å². The lowest BCUT2D eigenvalue weighted by atomic mass is 10.1. The molecular weight excluding hydrogens is 244 g/mol. The number of rotatable bonds is 4. The van der Waals surface area contributed by atoms with Crippen molar-refractivity contribution in [3.05, 3.63) is 59.3 Å². The molecule has 1 heterocycles. The average Bonchev–Trinajstić information content (AvgIpc) is 2.41. The lowest BCUT2D eigenvalue weighted by Crippen LogP contribution is -2.18. The number of nitrogens with zero attached hydrogens (tertiary/aromatic N) is 2. The van der Waals surface area contributed by atoms with Gasteiger partial charge in [0.1, 0.15) is 5.82 Å². The van der Waals surface area contributed by atoms with Crippen LogP contribution in [0.4, 0.5) is 5.82 Å². The summed E-state index contributed by atoms with van der Waals surface area (Å²) < 4.78 is 0. The lowest BCUT2D eigenvalue weighted by molar-refractivity contribution is 0.889. The molecule has 94 valence electrons. The van der Waals surface area contributed by atoms with Crippen LogP contribution in [-0.4, -0.2) is 12.0 Å². The van der Waals surface area contributed by atoms with Crippen molar-refractivity contribution >= 4 is 17.4 Å². The molecule has 18 heavy (non-hydrogen) atoms. The minimum absolute atomic E-state index is 0.509. The fraction of sp³-hybridized carbons (Fsp3) is 0.267. The SMILES string of the molecule is Cc1ccccc1CN(C)c1ccc(CCl)cn1. The quantitative estimate of drug-likeness (QED) is 0.778. The molecule has 0 N–H and O–H groups in total. The Balaban J connectivity index is 2.11. The number of aromatic nitrogens is 1. The fourth-order valence-electron chi connectivity index (χ4n) is 1.85. The van der Waals surface area contributed by atoms with Crippen LogP contribution in [-0.2, 0) is 12.4 Å². The monoisotopic (exact) mass is 260 g/mol. The van der Waals surface area contributed by atoms with E-state index in [1.54, 1.807) is 0 Å². The van der Waals surface area contributed by atoms with Crippen molar-refractivity contribution < 1.29 is 0 Å². The van der Waals surface area contributed by atoms with Crippen LogP contribution in [0.15, 0.2) is 42.6 Å². The van der Waals surface area contributed by atoms with E-state index in [1.165, 1.54) is 11.1 Å². The third kappa shape index (κ3) is 3.02. The number of hydrogen-bond acceptors (Lipinski definition) is 2. The molecule has 2 aromatic rings.